The van der Waals surface area contributed by atoms with Crippen molar-refractivity contribution in [2.24, 2.45) is 9.36 Å². The summed E-state index contributed by atoms with van der Waals surface area (Å²) in [6.45, 7) is 10.2. The van der Waals surface area contributed by atoms with Gasteiger partial charge >= 0.3 is 6.09 Å². The van der Waals surface area contributed by atoms with Gasteiger partial charge in [0.1, 0.15) is 33.2 Å². The summed E-state index contributed by atoms with van der Waals surface area (Å²) in [5, 5.41) is 11.5. The van der Waals surface area contributed by atoms with Gasteiger partial charge in [0.25, 0.3) is 0 Å². The molecule has 3 aromatic rings. The fraction of sp³-hybridized carbons (Fsp3) is 0.423. The second-order valence-electron chi connectivity index (χ2n) is 10.9. The Labute approximate surface area is 232 Å². The van der Waals surface area contributed by atoms with Crippen molar-refractivity contribution in [3.05, 3.63) is 59.1 Å². The van der Waals surface area contributed by atoms with Gasteiger partial charge in [0.05, 0.1) is 26.7 Å². The molecule has 2 aromatic heterocycles. The van der Waals surface area contributed by atoms with Crippen LogP contribution in [0.5, 0.6) is 0 Å². The van der Waals surface area contributed by atoms with Crippen molar-refractivity contribution in [2.75, 3.05) is 12.8 Å². The molecular formula is C26H31ClFN7O3S. The third kappa shape index (κ3) is 5.67. The first-order valence-corrected chi connectivity index (χ1v) is 14.2. The number of benzene rings is 1. The number of hydrogen-bond acceptors (Lipinski definition) is 8. The summed E-state index contributed by atoms with van der Waals surface area (Å²) >= 11 is 5.92. The van der Waals surface area contributed by atoms with Gasteiger partial charge in [-0.15, -0.1) is 5.10 Å². The van der Waals surface area contributed by atoms with E-state index in [4.69, 9.17) is 21.3 Å². The van der Waals surface area contributed by atoms with Gasteiger partial charge in [-0.25, -0.2) is 27.4 Å². The van der Waals surface area contributed by atoms with E-state index >= 15 is 4.39 Å². The molecule has 1 aromatic carbocycles. The second-order valence-corrected chi connectivity index (χ2v) is 14.3. The lowest BCUT2D eigenvalue weighted by atomic mass is 9.91. The van der Waals surface area contributed by atoms with Gasteiger partial charge < -0.3 is 4.74 Å². The highest BCUT2D eigenvalue weighted by Gasteiger charge is 2.49. The van der Waals surface area contributed by atoms with Gasteiger partial charge in [-0.05, 0) is 71.9 Å². The first-order chi connectivity index (χ1) is 18.1. The molecular weight excluding hydrogens is 545 g/mol. The summed E-state index contributed by atoms with van der Waals surface area (Å²) in [4.78, 5) is 21.7. The van der Waals surface area contributed by atoms with Crippen molar-refractivity contribution >= 4 is 33.3 Å². The zero-order valence-electron chi connectivity index (χ0n) is 22.8. The summed E-state index contributed by atoms with van der Waals surface area (Å²) in [5.41, 5.74) is -0.888. The minimum Gasteiger partial charge on any atom is -0.444 e. The van der Waals surface area contributed by atoms with Crippen LogP contribution in [0.3, 0.4) is 0 Å². The van der Waals surface area contributed by atoms with Gasteiger partial charge in [-0.2, -0.15) is 0 Å². The van der Waals surface area contributed by atoms with Crippen molar-refractivity contribution in [3.8, 4) is 17.1 Å². The lowest BCUT2D eigenvalue weighted by Gasteiger charge is -2.41. The lowest BCUT2D eigenvalue weighted by Crippen LogP contribution is -2.57. The maximum atomic E-state index is 15.4. The van der Waals surface area contributed by atoms with Crippen LogP contribution in [0.1, 0.15) is 47.1 Å². The number of rotatable bonds is 3. The lowest BCUT2D eigenvalue weighted by molar-refractivity contribution is 0.0560. The fourth-order valence-electron chi connectivity index (χ4n) is 4.24. The molecule has 0 saturated heterocycles. The van der Waals surface area contributed by atoms with E-state index in [0.717, 1.165) is 0 Å². The van der Waals surface area contributed by atoms with E-state index < -0.39 is 37.5 Å². The topological polar surface area (TPSA) is 124 Å². The van der Waals surface area contributed by atoms with Crippen molar-refractivity contribution in [1.82, 2.24) is 25.3 Å². The van der Waals surface area contributed by atoms with Crippen LogP contribution >= 0.6 is 11.6 Å². The molecule has 1 aliphatic rings. The summed E-state index contributed by atoms with van der Waals surface area (Å²) in [5.74, 6) is -0.00425. The number of aromatic nitrogens is 4. The Morgan fingerprint density at radius 3 is 2.56 bits per heavy atom. The minimum atomic E-state index is -3.02. The van der Waals surface area contributed by atoms with Crippen molar-refractivity contribution < 1.29 is 18.1 Å². The number of carbonyl (C=O) groups is 1. The number of aliphatic imine (C=N–C) groups is 1. The van der Waals surface area contributed by atoms with Crippen LogP contribution in [0.25, 0.3) is 17.1 Å². The first kappa shape index (κ1) is 28.6. The Balaban J connectivity index is 1.78. The third-order valence-electron chi connectivity index (χ3n) is 6.40. The number of halogens is 2. The molecule has 0 spiro atoms. The molecule has 1 N–H and O–H groups in total. The number of pyridine rings is 1. The Morgan fingerprint density at radius 1 is 1.23 bits per heavy atom. The van der Waals surface area contributed by atoms with Crippen LogP contribution in [0, 0.1) is 5.82 Å². The van der Waals surface area contributed by atoms with E-state index in [1.807, 2.05) is 0 Å². The summed E-state index contributed by atoms with van der Waals surface area (Å²) in [6, 6.07) is 7.85. The summed E-state index contributed by atoms with van der Waals surface area (Å²) in [6.07, 6.45) is 2.40. The number of hydrogen-bond donors (Lipinski definition) is 1. The fourth-order valence-corrected chi connectivity index (χ4v) is 6.68. The molecule has 0 bridgehead atoms. The van der Waals surface area contributed by atoms with Gasteiger partial charge in [0, 0.05) is 24.4 Å². The van der Waals surface area contributed by atoms with Crippen LogP contribution in [-0.2, 0) is 20.0 Å². The molecule has 208 valence electrons. The van der Waals surface area contributed by atoms with E-state index in [-0.39, 0.29) is 17.2 Å². The molecule has 39 heavy (non-hydrogen) atoms. The highest BCUT2D eigenvalue weighted by molar-refractivity contribution is 7.95. The average molecular weight is 576 g/mol. The Bertz CT molecular complexity index is 1570. The van der Waals surface area contributed by atoms with E-state index in [2.05, 4.69) is 25.0 Å². The number of amides is 1. The predicted molar refractivity (Wildman–Crippen MR) is 149 cm³/mol. The van der Waals surface area contributed by atoms with Gasteiger partial charge in [0.2, 0.25) is 0 Å². The monoisotopic (exact) mass is 575 g/mol. The minimum absolute atomic E-state index is 0.0647. The maximum absolute atomic E-state index is 15.4. The van der Waals surface area contributed by atoms with Crippen LogP contribution in [0.15, 0.2) is 52.1 Å². The normalized spacial score (nSPS) is 22.6. The quantitative estimate of drug-likeness (QED) is 0.460. The number of ether oxygens (including phenoxy) is 1. The highest BCUT2D eigenvalue weighted by atomic mass is 35.5. The predicted octanol–water partition coefficient (Wildman–Crippen LogP) is 5.15. The number of nitrogens with zero attached hydrogens (tertiary/aromatic N) is 6. The number of amidine groups is 1. The van der Waals surface area contributed by atoms with Crippen LogP contribution in [0.4, 0.5) is 9.18 Å². The van der Waals surface area contributed by atoms with Crippen molar-refractivity contribution in [1.29, 1.82) is 0 Å². The standard InChI is InChI=1S/C26H31ClFN7O3S/c1-24(2,3)38-23(36)31-22-25(4,5)39(37,29-7)15-26(6,32-22)18-12-16(8-10-19(18)28)20-14-35(34-33-20)21-11-9-17(27)13-30-21/h8-14H,15H2,1-7H3,(H,31,32,36)/t26-,39+/m0/s1. The molecule has 4 rings (SSSR count). The maximum Gasteiger partial charge on any atom is 0.413 e. The molecule has 2 atom stereocenters. The third-order valence-corrected chi connectivity index (χ3v) is 9.95. The average Bonchev–Trinajstić information content (AvgIpc) is 3.32. The van der Waals surface area contributed by atoms with Crippen molar-refractivity contribution in [3.63, 3.8) is 0 Å². The molecule has 0 unspecified atom stereocenters. The summed E-state index contributed by atoms with van der Waals surface area (Å²) in [7, 11) is -1.57. The van der Waals surface area contributed by atoms with Crippen LogP contribution in [-0.4, -0.2) is 59.3 Å². The summed E-state index contributed by atoms with van der Waals surface area (Å²) < 4.78 is 39.5. The largest absolute Gasteiger partial charge is 0.444 e. The number of alkyl carbamates (subject to hydrolysis) is 1. The van der Waals surface area contributed by atoms with E-state index in [9.17, 15) is 9.00 Å². The molecule has 3 heterocycles. The SMILES string of the molecule is CN=[S@@]1(=O)C[C@@](C)(c2cc(-c3cn(-c4ccc(Cl)cn4)nn3)ccc2F)N=C(NC(=O)OC(C)(C)C)C1(C)C. The molecule has 0 fully saturated rings. The number of nitrogens with one attached hydrogen (secondary N) is 1. The smallest absolute Gasteiger partial charge is 0.413 e. The molecule has 10 nitrogen and oxygen atoms in total. The Morgan fingerprint density at radius 2 is 1.95 bits per heavy atom. The van der Waals surface area contributed by atoms with Crippen LogP contribution < -0.4 is 5.32 Å². The van der Waals surface area contributed by atoms with Gasteiger partial charge in [-0.1, -0.05) is 16.8 Å². The molecule has 1 aliphatic heterocycles. The van der Waals surface area contributed by atoms with Gasteiger partial charge in [0.15, 0.2) is 5.82 Å². The highest BCUT2D eigenvalue weighted by Crippen LogP contribution is 2.40. The second kappa shape index (κ2) is 9.98. The zero-order chi connectivity index (χ0) is 28.8. The van der Waals surface area contributed by atoms with E-state index in [0.29, 0.717) is 22.1 Å². The van der Waals surface area contributed by atoms with E-state index in [1.54, 1.807) is 72.0 Å². The molecule has 0 aliphatic carbocycles. The van der Waals surface area contributed by atoms with Gasteiger partial charge in [-0.3, -0.25) is 10.3 Å². The van der Waals surface area contributed by atoms with Crippen LogP contribution in [0.2, 0.25) is 5.02 Å². The van der Waals surface area contributed by atoms with Crippen molar-refractivity contribution in [2.45, 2.75) is 57.4 Å². The first-order valence-electron chi connectivity index (χ1n) is 12.1. The van der Waals surface area contributed by atoms with E-state index in [1.165, 1.54) is 24.0 Å². The molecule has 0 radical (unpaired) electrons. The number of carbonyl (C=O) groups excluding carboxylic acids is 1. The zero-order valence-corrected chi connectivity index (χ0v) is 24.4. The molecule has 13 heteroatoms. The molecule has 1 amide bonds. The Kier molecular flexibility index (Phi) is 7.32. The Hall–Kier alpha value is -3.38. The molecule has 0 saturated carbocycles.